The highest BCUT2D eigenvalue weighted by atomic mass is 16.5. The van der Waals surface area contributed by atoms with E-state index in [1.807, 2.05) is 0 Å². The molecule has 114 valence electrons. The Labute approximate surface area is 118 Å². The van der Waals surface area contributed by atoms with Crippen LogP contribution in [0.25, 0.3) is 0 Å². The van der Waals surface area contributed by atoms with Gasteiger partial charge in [0.2, 0.25) is 0 Å². The van der Waals surface area contributed by atoms with Crippen LogP contribution in [0.15, 0.2) is 0 Å². The molecule has 0 aromatic carbocycles. The molecule has 4 heteroatoms. The van der Waals surface area contributed by atoms with Crippen molar-refractivity contribution in [3.05, 3.63) is 0 Å². The maximum absolute atomic E-state index is 5.28. The van der Waals surface area contributed by atoms with Crippen LogP contribution in [-0.4, -0.2) is 64.6 Å². The molecule has 4 nitrogen and oxygen atoms in total. The Morgan fingerprint density at radius 3 is 2.63 bits per heavy atom. The van der Waals surface area contributed by atoms with E-state index in [0.717, 1.165) is 38.3 Å². The lowest BCUT2D eigenvalue weighted by atomic mass is 9.99. The van der Waals surface area contributed by atoms with Gasteiger partial charge in [0.15, 0.2) is 0 Å². The third-order valence-corrected chi connectivity index (χ3v) is 4.43. The van der Waals surface area contributed by atoms with Gasteiger partial charge in [-0.15, -0.1) is 0 Å². The van der Waals surface area contributed by atoms with Gasteiger partial charge in [0.1, 0.15) is 0 Å². The number of hydrogen-bond acceptors (Lipinski definition) is 4. The molecule has 1 aliphatic carbocycles. The van der Waals surface area contributed by atoms with Crippen LogP contribution in [-0.2, 0) is 9.47 Å². The summed E-state index contributed by atoms with van der Waals surface area (Å²) in [6.07, 6.45) is 5.38. The molecule has 0 aliphatic heterocycles. The van der Waals surface area contributed by atoms with Crippen molar-refractivity contribution in [1.29, 1.82) is 0 Å². The molecule has 0 aromatic rings. The van der Waals surface area contributed by atoms with Gasteiger partial charge in [0.05, 0.1) is 13.2 Å². The van der Waals surface area contributed by atoms with Crippen molar-refractivity contribution < 1.29 is 9.47 Å². The minimum atomic E-state index is 0.467. The van der Waals surface area contributed by atoms with E-state index in [4.69, 9.17) is 9.47 Å². The summed E-state index contributed by atoms with van der Waals surface area (Å²) in [6.45, 7) is 5.98. The number of methoxy groups -OCH3 is 2. The van der Waals surface area contributed by atoms with Crippen LogP contribution < -0.4 is 5.32 Å². The molecular weight excluding hydrogens is 240 g/mol. The first-order valence-electron chi connectivity index (χ1n) is 7.62. The summed E-state index contributed by atoms with van der Waals surface area (Å²) in [4.78, 5) is 2.50. The highest BCUT2D eigenvalue weighted by Crippen LogP contribution is 2.28. The van der Waals surface area contributed by atoms with Gasteiger partial charge in [-0.2, -0.15) is 0 Å². The molecule has 0 aromatic heterocycles. The van der Waals surface area contributed by atoms with Crippen LogP contribution in [0.1, 0.15) is 32.6 Å². The van der Waals surface area contributed by atoms with Gasteiger partial charge in [-0.3, -0.25) is 4.90 Å². The zero-order chi connectivity index (χ0) is 14.1. The van der Waals surface area contributed by atoms with Crippen molar-refractivity contribution in [2.45, 2.75) is 44.7 Å². The topological polar surface area (TPSA) is 33.7 Å². The van der Waals surface area contributed by atoms with E-state index in [0.29, 0.717) is 6.04 Å². The molecule has 1 rings (SSSR count). The van der Waals surface area contributed by atoms with Crippen LogP contribution in [0.5, 0.6) is 0 Å². The normalized spacial score (nSPS) is 25.1. The summed E-state index contributed by atoms with van der Waals surface area (Å²) in [5.41, 5.74) is 0. The number of nitrogens with zero attached hydrogens (tertiary/aromatic N) is 1. The Hall–Kier alpha value is -0.160. The Kier molecular flexibility index (Phi) is 8.62. The number of hydrogen-bond donors (Lipinski definition) is 1. The Bertz CT molecular complexity index is 226. The summed E-state index contributed by atoms with van der Waals surface area (Å²) < 4.78 is 10.5. The van der Waals surface area contributed by atoms with Crippen LogP contribution >= 0.6 is 0 Å². The molecule has 0 bridgehead atoms. The standard InChI is InChI=1S/C15H32N2O2/c1-13(12-19-4)17(10-11-18-3)9-8-14-6-5-7-15(14)16-2/h13-16H,5-12H2,1-4H3. The summed E-state index contributed by atoms with van der Waals surface area (Å²) >= 11 is 0. The Morgan fingerprint density at radius 2 is 2.00 bits per heavy atom. The SMILES string of the molecule is CNC1CCCC1CCN(CCOC)C(C)COC. The van der Waals surface area contributed by atoms with Crippen LogP contribution in [0.2, 0.25) is 0 Å². The lowest BCUT2D eigenvalue weighted by Gasteiger charge is -2.30. The van der Waals surface area contributed by atoms with Crippen LogP contribution in [0.3, 0.4) is 0 Å². The molecule has 3 unspecified atom stereocenters. The van der Waals surface area contributed by atoms with E-state index >= 15 is 0 Å². The molecule has 1 N–H and O–H groups in total. The molecule has 19 heavy (non-hydrogen) atoms. The molecule has 1 aliphatic rings. The third-order valence-electron chi connectivity index (χ3n) is 4.43. The van der Waals surface area contributed by atoms with Crippen molar-refractivity contribution in [3.8, 4) is 0 Å². The van der Waals surface area contributed by atoms with E-state index in [1.54, 1.807) is 14.2 Å². The average Bonchev–Trinajstić information content (AvgIpc) is 2.86. The molecule has 1 saturated carbocycles. The van der Waals surface area contributed by atoms with Gasteiger partial charge in [0.25, 0.3) is 0 Å². The fourth-order valence-corrected chi connectivity index (χ4v) is 3.20. The minimum absolute atomic E-state index is 0.467. The van der Waals surface area contributed by atoms with Crippen molar-refractivity contribution >= 4 is 0 Å². The summed E-state index contributed by atoms with van der Waals surface area (Å²) in [5.74, 6) is 0.838. The monoisotopic (exact) mass is 272 g/mol. The summed E-state index contributed by atoms with van der Waals surface area (Å²) in [6, 6.07) is 1.19. The molecule has 1 fully saturated rings. The lowest BCUT2D eigenvalue weighted by Crippen LogP contribution is -2.41. The van der Waals surface area contributed by atoms with E-state index in [9.17, 15) is 0 Å². The van der Waals surface area contributed by atoms with Gasteiger partial charge in [-0.05, 0) is 45.7 Å². The average molecular weight is 272 g/mol. The molecule has 0 heterocycles. The summed E-state index contributed by atoms with van der Waals surface area (Å²) in [7, 11) is 5.64. The maximum atomic E-state index is 5.28. The predicted octanol–water partition coefficient (Wildman–Crippen LogP) is 1.75. The Balaban J connectivity index is 2.38. The Morgan fingerprint density at radius 1 is 1.21 bits per heavy atom. The van der Waals surface area contributed by atoms with Gasteiger partial charge in [0, 0.05) is 32.8 Å². The van der Waals surface area contributed by atoms with Crippen molar-refractivity contribution in [1.82, 2.24) is 10.2 Å². The zero-order valence-corrected chi connectivity index (χ0v) is 13.2. The molecular formula is C15H32N2O2. The fraction of sp³-hybridized carbons (Fsp3) is 1.00. The van der Waals surface area contributed by atoms with Crippen LogP contribution in [0, 0.1) is 5.92 Å². The van der Waals surface area contributed by atoms with Gasteiger partial charge >= 0.3 is 0 Å². The van der Waals surface area contributed by atoms with E-state index < -0.39 is 0 Å². The molecule has 0 spiro atoms. The fourth-order valence-electron chi connectivity index (χ4n) is 3.20. The maximum Gasteiger partial charge on any atom is 0.0615 e. The molecule has 0 amide bonds. The zero-order valence-electron chi connectivity index (χ0n) is 13.2. The first-order valence-corrected chi connectivity index (χ1v) is 7.62. The highest BCUT2D eigenvalue weighted by molar-refractivity contribution is 4.83. The largest absolute Gasteiger partial charge is 0.383 e. The first kappa shape index (κ1) is 16.9. The second-order valence-electron chi connectivity index (χ2n) is 5.71. The smallest absolute Gasteiger partial charge is 0.0615 e. The highest BCUT2D eigenvalue weighted by Gasteiger charge is 2.26. The quantitative estimate of drug-likeness (QED) is 0.657. The predicted molar refractivity (Wildman–Crippen MR) is 79.6 cm³/mol. The van der Waals surface area contributed by atoms with Crippen molar-refractivity contribution in [2.24, 2.45) is 5.92 Å². The van der Waals surface area contributed by atoms with Crippen LogP contribution in [0.4, 0.5) is 0 Å². The lowest BCUT2D eigenvalue weighted by molar-refractivity contribution is 0.0707. The van der Waals surface area contributed by atoms with Gasteiger partial charge in [-0.1, -0.05) is 6.42 Å². The van der Waals surface area contributed by atoms with Crippen molar-refractivity contribution in [2.75, 3.05) is 47.6 Å². The number of rotatable bonds is 10. The molecule has 0 radical (unpaired) electrons. The van der Waals surface area contributed by atoms with E-state index in [-0.39, 0.29) is 0 Å². The third kappa shape index (κ3) is 5.78. The second-order valence-corrected chi connectivity index (χ2v) is 5.71. The summed E-state index contributed by atoms with van der Waals surface area (Å²) in [5, 5.41) is 3.47. The number of nitrogens with one attached hydrogen (secondary N) is 1. The van der Waals surface area contributed by atoms with E-state index in [2.05, 4.69) is 24.2 Å². The molecule has 0 saturated heterocycles. The van der Waals surface area contributed by atoms with Gasteiger partial charge in [-0.25, -0.2) is 0 Å². The molecule has 3 atom stereocenters. The van der Waals surface area contributed by atoms with E-state index in [1.165, 1.54) is 25.7 Å². The second kappa shape index (κ2) is 9.70. The first-order chi connectivity index (χ1) is 9.22. The van der Waals surface area contributed by atoms with Gasteiger partial charge < -0.3 is 14.8 Å². The number of ether oxygens (including phenoxy) is 2. The van der Waals surface area contributed by atoms with Crippen molar-refractivity contribution in [3.63, 3.8) is 0 Å². The minimum Gasteiger partial charge on any atom is -0.383 e.